The monoisotopic (exact) mass is 281 g/mol. The summed E-state index contributed by atoms with van der Waals surface area (Å²) in [6.45, 7) is 2.85. The van der Waals surface area contributed by atoms with Crippen LogP contribution >= 0.6 is 0 Å². The van der Waals surface area contributed by atoms with Crippen molar-refractivity contribution in [1.82, 2.24) is 4.90 Å². The molecule has 0 aliphatic heterocycles. The van der Waals surface area contributed by atoms with Crippen LogP contribution in [0, 0.1) is 11.3 Å². The Kier molecular flexibility index (Phi) is 5.96. The van der Waals surface area contributed by atoms with Gasteiger partial charge >= 0.3 is 0 Å². The van der Waals surface area contributed by atoms with Gasteiger partial charge in [0.25, 0.3) is 0 Å². The molecule has 0 radical (unpaired) electrons. The summed E-state index contributed by atoms with van der Waals surface area (Å²) in [6.07, 6.45) is 0.359. The van der Waals surface area contributed by atoms with E-state index in [0.29, 0.717) is 19.5 Å². The van der Waals surface area contributed by atoms with Crippen LogP contribution in [0.5, 0.6) is 0 Å². The van der Waals surface area contributed by atoms with Crippen molar-refractivity contribution in [2.24, 2.45) is 5.14 Å². The summed E-state index contributed by atoms with van der Waals surface area (Å²) >= 11 is 0. The Morgan fingerprint density at radius 3 is 2.53 bits per heavy atom. The number of nitrogens with zero attached hydrogens (tertiary/aromatic N) is 2. The molecule has 0 bridgehead atoms. The van der Waals surface area contributed by atoms with Crippen molar-refractivity contribution >= 4 is 10.0 Å². The van der Waals surface area contributed by atoms with E-state index in [2.05, 4.69) is 6.07 Å². The molecule has 1 unspecified atom stereocenters. The van der Waals surface area contributed by atoms with Crippen molar-refractivity contribution in [3.8, 4) is 6.07 Å². The number of benzene rings is 1. The van der Waals surface area contributed by atoms with Gasteiger partial charge in [0.05, 0.1) is 18.2 Å². The van der Waals surface area contributed by atoms with Crippen molar-refractivity contribution in [2.75, 3.05) is 12.3 Å². The number of nitrogens with two attached hydrogens (primary N) is 1. The third kappa shape index (κ3) is 6.34. The summed E-state index contributed by atoms with van der Waals surface area (Å²) in [5, 5.41) is 13.8. The molecule has 0 amide bonds. The molecule has 104 valence electrons. The van der Waals surface area contributed by atoms with E-state index in [1.807, 2.05) is 42.2 Å². The highest BCUT2D eigenvalue weighted by atomic mass is 32.2. The maximum atomic E-state index is 11.1. The van der Waals surface area contributed by atoms with E-state index in [0.717, 1.165) is 5.56 Å². The summed E-state index contributed by atoms with van der Waals surface area (Å²) in [5.74, 6) is -0.102. The molecule has 0 heterocycles. The summed E-state index contributed by atoms with van der Waals surface area (Å²) in [5.41, 5.74) is 1.08. The minimum absolute atomic E-state index is 0.00745. The van der Waals surface area contributed by atoms with Crippen molar-refractivity contribution < 1.29 is 8.42 Å². The van der Waals surface area contributed by atoms with Gasteiger partial charge in [0.1, 0.15) is 0 Å². The fraction of sp³-hybridized carbons (Fsp3) is 0.462. The first kappa shape index (κ1) is 15.6. The average Bonchev–Trinajstić information content (AvgIpc) is 2.35. The van der Waals surface area contributed by atoms with E-state index < -0.39 is 10.0 Å². The molecule has 0 saturated heterocycles. The van der Waals surface area contributed by atoms with Crippen LogP contribution in [0.4, 0.5) is 0 Å². The minimum Gasteiger partial charge on any atom is -0.294 e. The SMILES string of the molecule is CC(CC#N)N(CCS(N)(=O)=O)Cc1ccccc1. The van der Waals surface area contributed by atoms with E-state index >= 15 is 0 Å². The van der Waals surface area contributed by atoms with Gasteiger partial charge in [-0.1, -0.05) is 30.3 Å². The van der Waals surface area contributed by atoms with Crippen LogP contribution in [0.1, 0.15) is 18.9 Å². The van der Waals surface area contributed by atoms with Gasteiger partial charge in [-0.15, -0.1) is 0 Å². The van der Waals surface area contributed by atoms with Gasteiger partial charge in [-0.3, -0.25) is 4.90 Å². The van der Waals surface area contributed by atoms with Gasteiger partial charge in [-0.2, -0.15) is 5.26 Å². The van der Waals surface area contributed by atoms with Gasteiger partial charge < -0.3 is 0 Å². The lowest BCUT2D eigenvalue weighted by Crippen LogP contribution is -2.37. The van der Waals surface area contributed by atoms with Crippen molar-refractivity contribution in [3.63, 3.8) is 0 Å². The molecule has 1 rings (SSSR count). The van der Waals surface area contributed by atoms with Crippen LogP contribution in [-0.4, -0.2) is 31.7 Å². The van der Waals surface area contributed by atoms with E-state index in [9.17, 15) is 8.42 Å². The van der Waals surface area contributed by atoms with Crippen molar-refractivity contribution in [3.05, 3.63) is 35.9 Å². The zero-order valence-electron chi connectivity index (χ0n) is 11.0. The lowest BCUT2D eigenvalue weighted by Gasteiger charge is -2.27. The molecule has 19 heavy (non-hydrogen) atoms. The Bertz CT molecular complexity index is 523. The third-order valence-electron chi connectivity index (χ3n) is 2.90. The van der Waals surface area contributed by atoms with Crippen molar-refractivity contribution in [2.45, 2.75) is 25.9 Å². The lowest BCUT2D eigenvalue weighted by molar-refractivity contribution is 0.214. The van der Waals surface area contributed by atoms with Crippen LogP contribution < -0.4 is 5.14 Å². The fourth-order valence-electron chi connectivity index (χ4n) is 1.78. The van der Waals surface area contributed by atoms with E-state index in [1.165, 1.54) is 0 Å². The number of hydrogen-bond donors (Lipinski definition) is 1. The van der Waals surface area contributed by atoms with Crippen LogP contribution in [0.3, 0.4) is 0 Å². The van der Waals surface area contributed by atoms with Gasteiger partial charge in [-0.05, 0) is 12.5 Å². The smallest absolute Gasteiger partial charge is 0.210 e. The molecule has 0 aliphatic carbocycles. The van der Waals surface area contributed by atoms with Gasteiger partial charge in [0, 0.05) is 19.1 Å². The van der Waals surface area contributed by atoms with Crippen LogP contribution in [0.2, 0.25) is 0 Å². The van der Waals surface area contributed by atoms with E-state index in [4.69, 9.17) is 10.4 Å². The summed E-state index contributed by atoms with van der Waals surface area (Å²) in [4.78, 5) is 1.96. The predicted molar refractivity (Wildman–Crippen MR) is 74.5 cm³/mol. The Labute approximate surface area is 114 Å². The first-order valence-electron chi connectivity index (χ1n) is 6.08. The number of rotatable bonds is 7. The highest BCUT2D eigenvalue weighted by Gasteiger charge is 2.16. The second-order valence-electron chi connectivity index (χ2n) is 4.53. The second kappa shape index (κ2) is 7.24. The maximum Gasteiger partial charge on any atom is 0.210 e. The molecule has 6 heteroatoms. The molecular formula is C13H19N3O2S. The first-order chi connectivity index (χ1) is 8.92. The molecule has 0 fully saturated rings. The Hall–Kier alpha value is -1.42. The number of sulfonamides is 1. The Morgan fingerprint density at radius 2 is 2.00 bits per heavy atom. The molecule has 0 aromatic heterocycles. The molecule has 5 nitrogen and oxygen atoms in total. The van der Waals surface area contributed by atoms with Crippen LogP contribution in [0.25, 0.3) is 0 Å². The average molecular weight is 281 g/mol. The number of primary sulfonamides is 1. The van der Waals surface area contributed by atoms with Crippen LogP contribution in [-0.2, 0) is 16.6 Å². The molecule has 0 saturated carbocycles. The van der Waals surface area contributed by atoms with E-state index in [-0.39, 0.29) is 11.8 Å². The van der Waals surface area contributed by atoms with Crippen molar-refractivity contribution in [1.29, 1.82) is 5.26 Å². The molecule has 2 N–H and O–H groups in total. The quantitative estimate of drug-likeness (QED) is 0.810. The standard InChI is InChI=1S/C13H19N3O2S/c1-12(7-8-14)16(9-10-19(15,17)18)11-13-5-3-2-4-6-13/h2-6,12H,7,9-11H2,1H3,(H2,15,17,18). The molecule has 0 aliphatic rings. The summed E-state index contributed by atoms with van der Waals surface area (Å²) in [7, 11) is -3.48. The topological polar surface area (TPSA) is 87.2 Å². The second-order valence-corrected chi connectivity index (χ2v) is 6.27. The summed E-state index contributed by atoms with van der Waals surface area (Å²) < 4.78 is 22.1. The predicted octanol–water partition coefficient (Wildman–Crippen LogP) is 1.08. The molecule has 0 spiro atoms. The Morgan fingerprint density at radius 1 is 1.37 bits per heavy atom. The molecule has 1 aromatic carbocycles. The molecule has 1 atom stereocenters. The Balaban J connectivity index is 2.72. The zero-order chi connectivity index (χ0) is 14.3. The largest absolute Gasteiger partial charge is 0.294 e. The normalized spacial score (nSPS) is 13.2. The molecular weight excluding hydrogens is 262 g/mol. The minimum atomic E-state index is -3.48. The van der Waals surface area contributed by atoms with Crippen LogP contribution in [0.15, 0.2) is 30.3 Å². The maximum absolute atomic E-state index is 11.1. The number of nitriles is 1. The first-order valence-corrected chi connectivity index (χ1v) is 7.79. The van der Waals surface area contributed by atoms with E-state index in [1.54, 1.807) is 0 Å². The zero-order valence-corrected chi connectivity index (χ0v) is 11.8. The number of hydrogen-bond acceptors (Lipinski definition) is 4. The molecule has 1 aromatic rings. The van der Waals surface area contributed by atoms with Gasteiger partial charge in [0.15, 0.2) is 0 Å². The lowest BCUT2D eigenvalue weighted by atomic mass is 10.1. The highest BCUT2D eigenvalue weighted by molar-refractivity contribution is 7.89. The van der Waals surface area contributed by atoms with Gasteiger partial charge in [0.2, 0.25) is 10.0 Å². The highest BCUT2D eigenvalue weighted by Crippen LogP contribution is 2.10. The third-order valence-corrected chi connectivity index (χ3v) is 3.65. The van der Waals surface area contributed by atoms with Gasteiger partial charge in [-0.25, -0.2) is 13.6 Å². The summed E-state index contributed by atoms with van der Waals surface area (Å²) in [6, 6.07) is 11.8. The fourth-order valence-corrected chi connectivity index (χ4v) is 2.27.